The second-order valence-corrected chi connectivity index (χ2v) is 3.01. The van der Waals surface area contributed by atoms with Crippen molar-refractivity contribution in [3.8, 4) is 0 Å². The standard InChI is InChI=1S/C7H4Cl2O2.HNO3/c8-4-1-2-6(9)5(3-4)7(10)11;2-1(3)4/h1-3H,(H,10,11);(H,2,3,4). The number of hydrogen-bond donors (Lipinski definition) is 2. The van der Waals surface area contributed by atoms with Crippen molar-refractivity contribution < 1.29 is 20.2 Å². The Morgan fingerprint density at radius 1 is 1.40 bits per heavy atom. The number of carbonyl (C=O) groups is 1. The van der Waals surface area contributed by atoms with Crippen LogP contribution in [0.25, 0.3) is 0 Å². The van der Waals surface area contributed by atoms with Crippen LogP contribution in [0.4, 0.5) is 0 Å². The molecule has 0 aliphatic heterocycles. The monoisotopic (exact) mass is 253 g/mol. The molecule has 0 unspecified atom stereocenters. The zero-order chi connectivity index (χ0) is 12.0. The third-order valence-corrected chi connectivity index (χ3v) is 1.72. The lowest BCUT2D eigenvalue weighted by atomic mass is 10.2. The summed E-state index contributed by atoms with van der Waals surface area (Å²) in [5, 5.41) is 22.7. The van der Waals surface area contributed by atoms with Gasteiger partial charge in [-0.2, -0.15) is 0 Å². The molecule has 1 aromatic rings. The van der Waals surface area contributed by atoms with Crippen LogP contribution >= 0.6 is 23.2 Å². The number of halogens is 2. The van der Waals surface area contributed by atoms with E-state index in [1.807, 2.05) is 0 Å². The number of hydrogen-bond acceptors (Lipinski definition) is 3. The average molecular weight is 254 g/mol. The first-order valence-corrected chi connectivity index (χ1v) is 4.11. The van der Waals surface area contributed by atoms with Gasteiger partial charge in [0.1, 0.15) is 0 Å². The minimum absolute atomic E-state index is 0.0270. The SMILES string of the molecule is O=C(O)c1cc(Cl)ccc1Cl.O=[N+]([O-])O. The summed E-state index contributed by atoms with van der Waals surface area (Å²) >= 11 is 11.1. The van der Waals surface area contributed by atoms with Gasteiger partial charge < -0.3 is 10.3 Å². The lowest BCUT2D eigenvalue weighted by molar-refractivity contribution is -0.742. The first-order chi connectivity index (χ1) is 6.84. The Morgan fingerprint density at radius 2 is 1.87 bits per heavy atom. The molecule has 0 radical (unpaired) electrons. The van der Waals surface area contributed by atoms with Crippen LogP contribution in [0.1, 0.15) is 10.4 Å². The van der Waals surface area contributed by atoms with E-state index in [1.54, 1.807) is 0 Å². The van der Waals surface area contributed by atoms with E-state index in [2.05, 4.69) is 0 Å². The second-order valence-electron chi connectivity index (χ2n) is 2.17. The minimum atomic E-state index is -1.50. The summed E-state index contributed by atoms with van der Waals surface area (Å²) in [4.78, 5) is 18.8. The summed E-state index contributed by atoms with van der Waals surface area (Å²) in [7, 11) is 0. The molecule has 1 rings (SSSR count). The van der Waals surface area contributed by atoms with Crippen molar-refractivity contribution in [2.75, 3.05) is 0 Å². The molecule has 0 heterocycles. The Balaban J connectivity index is 0.000000423. The summed E-state index contributed by atoms with van der Waals surface area (Å²) in [5.74, 6) is -1.07. The van der Waals surface area contributed by atoms with Gasteiger partial charge in [0.25, 0.3) is 5.09 Å². The molecule has 0 saturated heterocycles. The first kappa shape index (κ1) is 13.5. The van der Waals surface area contributed by atoms with Crippen molar-refractivity contribution in [2.24, 2.45) is 0 Å². The van der Waals surface area contributed by atoms with Gasteiger partial charge in [0.15, 0.2) is 0 Å². The number of benzene rings is 1. The molecule has 82 valence electrons. The summed E-state index contributed by atoms with van der Waals surface area (Å²) in [6.45, 7) is 0. The molecule has 0 aliphatic carbocycles. The Labute approximate surface area is 93.8 Å². The number of rotatable bonds is 1. The Bertz CT molecular complexity index is 378. The average Bonchev–Trinajstić information content (AvgIpc) is 2.08. The van der Waals surface area contributed by atoms with E-state index in [1.165, 1.54) is 18.2 Å². The van der Waals surface area contributed by atoms with Gasteiger partial charge in [0.2, 0.25) is 0 Å². The molecule has 0 atom stereocenters. The van der Waals surface area contributed by atoms with Gasteiger partial charge >= 0.3 is 5.97 Å². The predicted molar refractivity (Wildman–Crippen MR) is 52.2 cm³/mol. The molecule has 0 fully saturated rings. The molecule has 6 nitrogen and oxygen atoms in total. The van der Waals surface area contributed by atoms with Crippen molar-refractivity contribution >= 4 is 29.2 Å². The molecule has 0 aromatic heterocycles. The normalized spacial score (nSPS) is 8.67. The van der Waals surface area contributed by atoms with Crippen molar-refractivity contribution in [3.63, 3.8) is 0 Å². The maximum Gasteiger partial charge on any atom is 0.337 e. The van der Waals surface area contributed by atoms with E-state index < -0.39 is 11.1 Å². The van der Waals surface area contributed by atoms with Crippen molar-refractivity contribution in [1.29, 1.82) is 0 Å². The fraction of sp³-hybridized carbons (Fsp3) is 0. The van der Waals surface area contributed by atoms with Crippen LogP contribution in [0.2, 0.25) is 10.0 Å². The maximum absolute atomic E-state index is 10.4. The van der Waals surface area contributed by atoms with Gasteiger partial charge in [0.05, 0.1) is 10.6 Å². The minimum Gasteiger partial charge on any atom is -0.478 e. The van der Waals surface area contributed by atoms with E-state index in [0.717, 1.165) is 0 Å². The van der Waals surface area contributed by atoms with Gasteiger partial charge in [-0.05, 0) is 18.2 Å². The highest BCUT2D eigenvalue weighted by atomic mass is 35.5. The van der Waals surface area contributed by atoms with Crippen LogP contribution in [0.3, 0.4) is 0 Å². The molecule has 0 amide bonds. The van der Waals surface area contributed by atoms with Crippen LogP contribution in [0, 0.1) is 10.1 Å². The van der Waals surface area contributed by atoms with Crippen molar-refractivity contribution in [2.45, 2.75) is 0 Å². The molecular formula is C7H5Cl2NO5. The van der Waals surface area contributed by atoms with Crippen molar-refractivity contribution in [1.82, 2.24) is 0 Å². The zero-order valence-electron chi connectivity index (χ0n) is 7.05. The highest BCUT2D eigenvalue weighted by molar-refractivity contribution is 6.35. The molecule has 8 heteroatoms. The maximum atomic E-state index is 10.4. The second kappa shape index (κ2) is 6.05. The van der Waals surface area contributed by atoms with Gasteiger partial charge in [0, 0.05) is 5.02 Å². The zero-order valence-corrected chi connectivity index (χ0v) is 8.57. The highest BCUT2D eigenvalue weighted by Gasteiger charge is 2.07. The summed E-state index contributed by atoms with van der Waals surface area (Å²) in [5.41, 5.74) is 0.0270. The van der Waals surface area contributed by atoms with Crippen LogP contribution in [-0.2, 0) is 0 Å². The largest absolute Gasteiger partial charge is 0.478 e. The Hall–Kier alpha value is -1.53. The predicted octanol–water partition coefficient (Wildman–Crippen LogP) is 2.34. The van der Waals surface area contributed by atoms with Gasteiger partial charge in [-0.3, -0.25) is 0 Å². The van der Waals surface area contributed by atoms with E-state index >= 15 is 0 Å². The van der Waals surface area contributed by atoms with Gasteiger partial charge in [-0.1, -0.05) is 23.2 Å². The van der Waals surface area contributed by atoms with Crippen LogP contribution in [0.15, 0.2) is 18.2 Å². The lowest BCUT2D eigenvalue weighted by Gasteiger charge is -1.97. The molecule has 0 spiro atoms. The molecule has 0 aliphatic rings. The molecule has 2 N–H and O–H groups in total. The summed E-state index contributed by atoms with van der Waals surface area (Å²) in [6.07, 6.45) is 0. The molecule has 1 aromatic carbocycles. The quantitative estimate of drug-likeness (QED) is 0.591. The molecule has 0 bridgehead atoms. The van der Waals surface area contributed by atoms with Crippen LogP contribution in [-0.4, -0.2) is 21.4 Å². The van der Waals surface area contributed by atoms with E-state index in [-0.39, 0.29) is 10.6 Å². The number of carboxylic acids is 1. The van der Waals surface area contributed by atoms with E-state index in [4.69, 9.17) is 43.6 Å². The number of carboxylic acid groups (broad SMARTS) is 1. The Morgan fingerprint density at radius 3 is 2.20 bits per heavy atom. The molecule has 0 saturated carbocycles. The van der Waals surface area contributed by atoms with E-state index in [0.29, 0.717) is 5.02 Å². The first-order valence-electron chi connectivity index (χ1n) is 3.36. The third-order valence-electron chi connectivity index (χ3n) is 1.16. The fourth-order valence-corrected chi connectivity index (χ4v) is 1.03. The van der Waals surface area contributed by atoms with E-state index in [9.17, 15) is 4.79 Å². The van der Waals surface area contributed by atoms with Gasteiger partial charge in [-0.15, -0.1) is 10.1 Å². The topological polar surface area (TPSA) is 101 Å². The summed E-state index contributed by atoms with van der Waals surface area (Å²) < 4.78 is 0. The van der Waals surface area contributed by atoms with Crippen LogP contribution < -0.4 is 0 Å². The van der Waals surface area contributed by atoms with Crippen LogP contribution in [0.5, 0.6) is 0 Å². The Kier molecular flexibility index (Phi) is 5.43. The number of aromatic carboxylic acids is 1. The third kappa shape index (κ3) is 5.71. The van der Waals surface area contributed by atoms with Crippen molar-refractivity contribution in [3.05, 3.63) is 43.9 Å². The van der Waals surface area contributed by atoms with Gasteiger partial charge in [-0.25, -0.2) is 4.79 Å². The smallest absolute Gasteiger partial charge is 0.337 e. The molecule has 15 heavy (non-hydrogen) atoms. The summed E-state index contributed by atoms with van der Waals surface area (Å²) in [6, 6.07) is 4.30. The lowest BCUT2D eigenvalue weighted by Crippen LogP contribution is -1.96. The fourth-order valence-electron chi connectivity index (χ4n) is 0.661. The number of nitrogens with zero attached hydrogens (tertiary/aromatic N) is 1. The molecular weight excluding hydrogens is 249 g/mol. The highest BCUT2D eigenvalue weighted by Crippen LogP contribution is 2.20.